The van der Waals surface area contributed by atoms with E-state index >= 15 is 0 Å². The van der Waals surface area contributed by atoms with Gasteiger partial charge in [0.25, 0.3) is 0 Å². The van der Waals surface area contributed by atoms with Gasteiger partial charge in [-0.15, -0.1) is 0 Å². The van der Waals surface area contributed by atoms with E-state index in [0.717, 1.165) is 18.9 Å². The zero-order valence-electron chi connectivity index (χ0n) is 8.39. The van der Waals surface area contributed by atoms with Crippen LogP contribution in [0.2, 0.25) is 0 Å². The van der Waals surface area contributed by atoms with Crippen molar-refractivity contribution in [3.05, 3.63) is 29.3 Å². The molecule has 0 radical (unpaired) electrons. The molecule has 0 unspecified atom stereocenters. The zero-order valence-corrected chi connectivity index (χ0v) is 8.39. The molecule has 0 heterocycles. The third-order valence-electron chi connectivity index (χ3n) is 2.98. The summed E-state index contributed by atoms with van der Waals surface area (Å²) < 4.78 is 31.2. The van der Waals surface area contributed by atoms with Crippen molar-refractivity contribution in [1.82, 2.24) is 0 Å². The average Bonchev–Trinajstić information content (AvgIpc) is 3.02. The summed E-state index contributed by atoms with van der Waals surface area (Å²) >= 11 is 0. The molecule has 15 heavy (non-hydrogen) atoms. The van der Waals surface area contributed by atoms with Gasteiger partial charge >= 0.3 is 0 Å². The normalized spacial score (nSPS) is 17.6. The highest BCUT2D eigenvalue weighted by Crippen LogP contribution is 2.51. The Kier molecular flexibility index (Phi) is 2.38. The fourth-order valence-corrected chi connectivity index (χ4v) is 1.81. The summed E-state index contributed by atoms with van der Waals surface area (Å²) in [4.78, 5) is 0. The predicted molar refractivity (Wildman–Crippen MR) is 50.9 cm³/mol. The molecule has 0 saturated heterocycles. The number of aliphatic hydroxyl groups excluding tert-OH is 1. The molecule has 0 aromatic heterocycles. The van der Waals surface area contributed by atoms with Crippen molar-refractivity contribution in [2.75, 3.05) is 13.7 Å². The first-order valence-corrected chi connectivity index (χ1v) is 4.78. The van der Waals surface area contributed by atoms with Crippen LogP contribution in [-0.4, -0.2) is 18.8 Å². The van der Waals surface area contributed by atoms with E-state index in [0.29, 0.717) is 5.56 Å². The Labute approximate surface area is 86.5 Å². The van der Waals surface area contributed by atoms with E-state index in [-0.39, 0.29) is 12.4 Å². The molecule has 4 heteroatoms. The van der Waals surface area contributed by atoms with Gasteiger partial charge in [-0.05, 0) is 18.9 Å². The lowest BCUT2D eigenvalue weighted by Crippen LogP contribution is -2.14. The van der Waals surface area contributed by atoms with E-state index in [1.54, 1.807) is 0 Å². The van der Waals surface area contributed by atoms with Crippen molar-refractivity contribution < 1.29 is 18.6 Å². The maximum absolute atomic E-state index is 13.4. The van der Waals surface area contributed by atoms with E-state index in [4.69, 9.17) is 4.74 Å². The van der Waals surface area contributed by atoms with Crippen LogP contribution < -0.4 is 4.74 Å². The molecule has 0 atom stereocenters. The van der Waals surface area contributed by atoms with E-state index in [2.05, 4.69) is 0 Å². The van der Waals surface area contributed by atoms with Crippen LogP contribution >= 0.6 is 0 Å². The van der Waals surface area contributed by atoms with Crippen LogP contribution in [0.4, 0.5) is 8.78 Å². The smallest absolute Gasteiger partial charge is 0.200 e. The lowest BCUT2D eigenvalue weighted by molar-refractivity contribution is 0.249. The Bertz CT molecular complexity index is 386. The molecule has 1 saturated carbocycles. The summed E-state index contributed by atoms with van der Waals surface area (Å²) in [6, 6.07) is 2.56. The van der Waals surface area contributed by atoms with Crippen LogP contribution in [0.15, 0.2) is 12.1 Å². The number of aliphatic hydroxyl groups is 1. The summed E-state index contributed by atoms with van der Waals surface area (Å²) in [7, 11) is 1.30. The molecule has 1 aliphatic carbocycles. The minimum Gasteiger partial charge on any atom is -0.493 e. The second kappa shape index (κ2) is 3.45. The molecule has 0 aliphatic heterocycles. The lowest BCUT2D eigenvalue weighted by atomic mass is 9.95. The maximum atomic E-state index is 13.4. The summed E-state index contributed by atoms with van der Waals surface area (Å²) in [5, 5.41) is 9.22. The minimum atomic E-state index is -0.977. The van der Waals surface area contributed by atoms with Gasteiger partial charge in [-0.3, -0.25) is 0 Å². The summed E-state index contributed by atoms with van der Waals surface area (Å²) in [5.41, 5.74) is 0.145. The van der Waals surface area contributed by atoms with Crippen LogP contribution in [0, 0.1) is 11.6 Å². The van der Waals surface area contributed by atoms with Gasteiger partial charge < -0.3 is 9.84 Å². The van der Waals surface area contributed by atoms with Crippen molar-refractivity contribution in [2.45, 2.75) is 18.3 Å². The van der Waals surface area contributed by atoms with Crippen molar-refractivity contribution in [2.24, 2.45) is 0 Å². The molecular formula is C11H12F2O2. The average molecular weight is 214 g/mol. The van der Waals surface area contributed by atoms with Crippen LogP contribution in [0.3, 0.4) is 0 Å². The summed E-state index contributed by atoms with van der Waals surface area (Å²) in [5.74, 6) is -1.99. The molecular weight excluding hydrogens is 202 g/mol. The van der Waals surface area contributed by atoms with E-state index < -0.39 is 17.0 Å². The molecule has 0 bridgehead atoms. The van der Waals surface area contributed by atoms with Gasteiger partial charge in [0.1, 0.15) is 0 Å². The molecule has 2 rings (SSSR count). The zero-order chi connectivity index (χ0) is 11.1. The molecule has 0 amide bonds. The topological polar surface area (TPSA) is 29.5 Å². The Morgan fingerprint density at radius 1 is 1.40 bits per heavy atom. The van der Waals surface area contributed by atoms with Crippen LogP contribution in [0.5, 0.6) is 5.75 Å². The molecule has 82 valence electrons. The van der Waals surface area contributed by atoms with Gasteiger partial charge in [-0.25, -0.2) is 4.39 Å². The van der Waals surface area contributed by atoms with Gasteiger partial charge in [-0.1, -0.05) is 6.07 Å². The Morgan fingerprint density at radius 3 is 2.53 bits per heavy atom. The number of methoxy groups -OCH3 is 1. The number of ether oxygens (including phenoxy) is 1. The van der Waals surface area contributed by atoms with Crippen molar-refractivity contribution in [3.8, 4) is 5.75 Å². The summed E-state index contributed by atoms with van der Waals surface area (Å²) in [6.45, 7) is -0.0611. The third-order valence-corrected chi connectivity index (χ3v) is 2.98. The predicted octanol–water partition coefficient (Wildman–Crippen LogP) is 2.00. The van der Waals surface area contributed by atoms with Gasteiger partial charge in [0.2, 0.25) is 5.82 Å². The van der Waals surface area contributed by atoms with Crippen LogP contribution in [-0.2, 0) is 5.41 Å². The monoisotopic (exact) mass is 214 g/mol. The molecule has 1 N–H and O–H groups in total. The van der Waals surface area contributed by atoms with E-state index in [1.165, 1.54) is 13.2 Å². The standard InChI is InChI=1S/C11H12F2O2/c1-15-10-7(11(6-14)4-5-11)2-3-8(12)9(10)13/h2-3,14H,4-6H2,1H3. The summed E-state index contributed by atoms with van der Waals surface area (Å²) in [6.07, 6.45) is 1.57. The Hall–Kier alpha value is -1.16. The Morgan fingerprint density at radius 2 is 2.07 bits per heavy atom. The number of hydrogen-bond donors (Lipinski definition) is 1. The maximum Gasteiger partial charge on any atom is 0.200 e. The Balaban J connectivity index is 2.52. The van der Waals surface area contributed by atoms with Gasteiger partial charge in [0.15, 0.2) is 11.6 Å². The molecule has 1 fully saturated rings. The quantitative estimate of drug-likeness (QED) is 0.833. The minimum absolute atomic E-state index is 0.0611. The number of benzene rings is 1. The number of rotatable bonds is 3. The van der Waals surface area contributed by atoms with Crippen LogP contribution in [0.1, 0.15) is 18.4 Å². The molecule has 1 aromatic rings. The second-order valence-corrected chi connectivity index (χ2v) is 3.88. The highest BCUT2D eigenvalue weighted by atomic mass is 19.2. The van der Waals surface area contributed by atoms with Gasteiger partial charge in [-0.2, -0.15) is 4.39 Å². The molecule has 1 aliphatic rings. The fourth-order valence-electron chi connectivity index (χ4n) is 1.81. The molecule has 2 nitrogen and oxygen atoms in total. The third kappa shape index (κ3) is 1.49. The highest BCUT2D eigenvalue weighted by molar-refractivity contribution is 5.44. The van der Waals surface area contributed by atoms with Crippen molar-refractivity contribution in [3.63, 3.8) is 0 Å². The molecule has 0 spiro atoms. The second-order valence-electron chi connectivity index (χ2n) is 3.88. The van der Waals surface area contributed by atoms with Crippen molar-refractivity contribution >= 4 is 0 Å². The molecule has 1 aromatic carbocycles. The van der Waals surface area contributed by atoms with E-state index in [1.807, 2.05) is 0 Å². The highest BCUT2D eigenvalue weighted by Gasteiger charge is 2.46. The van der Waals surface area contributed by atoms with Crippen molar-refractivity contribution in [1.29, 1.82) is 0 Å². The fraction of sp³-hybridized carbons (Fsp3) is 0.455. The van der Waals surface area contributed by atoms with E-state index in [9.17, 15) is 13.9 Å². The van der Waals surface area contributed by atoms with Crippen LogP contribution in [0.25, 0.3) is 0 Å². The largest absolute Gasteiger partial charge is 0.493 e. The first kappa shape index (κ1) is 10.4. The van der Waals surface area contributed by atoms with Gasteiger partial charge in [0, 0.05) is 11.0 Å². The lowest BCUT2D eigenvalue weighted by Gasteiger charge is -2.16. The first-order chi connectivity index (χ1) is 7.14. The first-order valence-electron chi connectivity index (χ1n) is 4.78. The SMILES string of the molecule is COc1c(C2(CO)CC2)ccc(F)c1F. The van der Waals surface area contributed by atoms with Gasteiger partial charge in [0.05, 0.1) is 13.7 Å². The number of hydrogen-bond acceptors (Lipinski definition) is 2. The number of halogens is 2.